The van der Waals surface area contributed by atoms with Gasteiger partial charge in [0.2, 0.25) is 0 Å². The number of benzene rings is 1. The van der Waals surface area contributed by atoms with Crippen molar-refractivity contribution in [2.24, 2.45) is 5.92 Å². The number of fused-ring (bicyclic) bond motifs is 1. The minimum atomic E-state index is 0.583. The second-order valence-corrected chi connectivity index (χ2v) is 5.80. The maximum Gasteiger partial charge on any atom is 0.180 e. The van der Waals surface area contributed by atoms with Gasteiger partial charge in [0.25, 0.3) is 0 Å². The van der Waals surface area contributed by atoms with E-state index in [-0.39, 0.29) is 0 Å². The van der Waals surface area contributed by atoms with Crippen LogP contribution in [-0.4, -0.2) is 26.3 Å². The molecule has 0 radical (unpaired) electrons. The zero-order chi connectivity index (χ0) is 13.2. The maximum atomic E-state index is 6.32. The summed E-state index contributed by atoms with van der Waals surface area (Å²) in [5.74, 6) is 2.32. The number of piperidine rings is 1. The van der Waals surface area contributed by atoms with E-state index in [1.54, 1.807) is 0 Å². The molecule has 3 nitrogen and oxygen atoms in total. The van der Waals surface area contributed by atoms with Gasteiger partial charge in [0.1, 0.15) is 13.2 Å². The topological polar surface area (TPSA) is 30.5 Å². The predicted molar refractivity (Wildman–Crippen MR) is 76.5 cm³/mol. The number of rotatable bonds is 2. The fraction of sp³-hybridized carbons (Fsp3) is 0.600. The molecule has 0 spiro atoms. The van der Waals surface area contributed by atoms with Gasteiger partial charge in [-0.3, -0.25) is 0 Å². The summed E-state index contributed by atoms with van der Waals surface area (Å²) in [6, 6.07) is 2.06. The molecule has 2 heterocycles. The Morgan fingerprint density at radius 3 is 2.63 bits per heavy atom. The number of hydrogen-bond acceptors (Lipinski definition) is 3. The van der Waals surface area contributed by atoms with Gasteiger partial charge in [-0.05, 0) is 62.4 Å². The van der Waals surface area contributed by atoms with Crippen LogP contribution in [0.3, 0.4) is 0 Å². The van der Waals surface area contributed by atoms with Crippen LogP contribution in [0.4, 0.5) is 0 Å². The van der Waals surface area contributed by atoms with E-state index in [4.69, 9.17) is 21.1 Å². The second kappa shape index (κ2) is 5.59. The van der Waals surface area contributed by atoms with E-state index in [1.165, 1.54) is 24.0 Å². The lowest BCUT2D eigenvalue weighted by molar-refractivity contribution is 0.170. The Labute approximate surface area is 119 Å². The first-order valence-corrected chi connectivity index (χ1v) is 7.42. The Morgan fingerprint density at radius 1 is 1.21 bits per heavy atom. The van der Waals surface area contributed by atoms with Crippen LogP contribution in [0, 0.1) is 12.8 Å². The third-order valence-corrected chi connectivity index (χ3v) is 4.37. The van der Waals surface area contributed by atoms with E-state index in [0.717, 1.165) is 36.9 Å². The molecule has 0 atom stereocenters. The molecule has 0 aromatic heterocycles. The molecular weight excluding hydrogens is 262 g/mol. The lowest BCUT2D eigenvalue weighted by Gasteiger charge is -2.26. The summed E-state index contributed by atoms with van der Waals surface area (Å²) in [5, 5.41) is 4.09. The molecule has 1 fully saturated rings. The molecule has 1 aromatic rings. The first kappa shape index (κ1) is 13.1. The standard InChI is InChI=1S/C15H20ClNO2/c1-10-12(8-11-2-4-17-5-3-11)9-13(16)15-14(10)18-6-7-19-15/h9,11,17H,2-8H2,1H3. The molecule has 2 aliphatic heterocycles. The third-order valence-electron chi connectivity index (χ3n) is 4.09. The molecule has 104 valence electrons. The molecule has 1 aromatic carbocycles. The lowest BCUT2D eigenvalue weighted by atomic mass is 9.89. The molecule has 0 amide bonds. The highest BCUT2D eigenvalue weighted by atomic mass is 35.5. The van der Waals surface area contributed by atoms with Gasteiger partial charge in [0, 0.05) is 0 Å². The molecule has 1 N–H and O–H groups in total. The van der Waals surface area contributed by atoms with Gasteiger partial charge in [-0.1, -0.05) is 11.6 Å². The SMILES string of the molecule is Cc1c(CC2CCNCC2)cc(Cl)c2c1OCCO2. The molecular formula is C15H20ClNO2. The maximum absolute atomic E-state index is 6.32. The van der Waals surface area contributed by atoms with Gasteiger partial charge in [-0.15, -0.1) is 0 Å². The summed E-state index contributed by atoms with van der Waals surface area (Å²) >= 11 is 6.32. The van der Waals surface area contributed by atoms with E-state index in [1.807, 2.05) is 0 Å². The van der Waals surface area contributed by atoms with Crippen LogP contribution >= 0.6 is 11.6 Å². The highest BCUT2D eigenvalue weighted by Gasteiger charge is 2.22. The van der Waals surface area contributed by atoms with Gasteiger partial charge in [0.15, 0.2) is 11.5 Å². The van der Waals surface area contributed by atoms with Crippen LogP contribution in [0.2, 0.25) is 5.02 Å². The van der Waals surface area contributed by atoms with Crippen LogP contribution in [0.15, 0.2) is 6.07 Å². The van der Waals surface area contributed by atoms with Crippen LogP contribution in [0.1, 0.15) is 24.0 Å². The predicted octanol–water partition coefficient (Wildman–Crippen LogP) is 2.96. The Hall–Kier alpha value is -0.930. The van der Waals surface area contributed by atoms with Crippen molar-refractivity contribution in [2.45, 2.75) is 26.2 Å². The van der Waals surface area contributed by atoms with Crippen molar-refractivity contribution >= 4 is 11.6 Å². The summed E-state index contributed by atoms with van der Waals surface area (Å²) in [5.41, 5.74) is 2.50. The Bertz CT molecular complexity index is 470. The van der Waals surface area contributed by atoms with Crippen molar-refractivity contribution < 1.29 is 9.47 Å². The fourth-order valence-corrected chi connectivity index (χ4v) is 3.23. The van der Waals surface area contributed by atoms with Crippen molar-refractivity contribution in [3.63, 3.8) is 0 Å². The Morgan fingerprint density at radius 2 is 1.89 bits per heavy atom. The molecule has 0 saturated carbocycles. The van der Waals surface area contributed by atoms with E-state index < -0.39 is 0 Å². The van der Waals surface area contributed by atoms with Gasteiger partial charge >= 0.3 is 0 Å². The van der Waals surface area contributed by atoms with E-state index in [2.05, 4.69) is 18.3 Å². The monoisotopic (exact) mass is 281 g/mol. The number of halogens is 1. The van der Waals surface area contributed by atoms with Crippen molar-refractivity contribution in [1.82, 2.24) is 5.32 Å². The smallest absolute Gasteiger partial charge is 0.180 e. The van der Waals surface area contributed by atoms with Crippen molar-refractivity contribution in [3.05, 3.63) is 22.2 Å². The normalized spacial score (nSPS) is 19.5. The van der Waals surface area contributed by atoms with Crippen LogP contribution in [-0.2, 0) is 6.42 Å². The molecule has 0 unspecified atom stereocenters. The van der Waals surface area contributed by atoms with E-state index in [0.29, 0.717) is 18.2 Å². The first-order valence-electron chi connectivity index (χ1n) is 7.04. The summed E-state index contributed by atoms with van der Waals surface area (Å²) in [6.45, 7) is 5.56. The molecule has 2 aliphatic rings. The van der Waals surface area contributed by atoms with Crippen molar-refractivity contribution in [2.75, 3.05) is 26.3 Å². The zero-order valence-corrected chi connectivity index (χ0v) is 12.1. The molecule has 19 heavy (non-hydrogen) atoms. The molecule has 0 bridgehead atoms. The number of ether oxygens (including phenoxy) is 2. The molecule has 4 heteroatoms. The summed E-state index contributed by atoms with van der Waals surface area (Å²) < 4.78 is 11.4. The average Bonchev–Trinajstić information content (AvgIpc) is 2.46. The van der Waals surface area contributed by atoms with Crippen molar-refractivity contribution in [3.8, 4) is 11.5 Å². The zero-order valence-electron chi connectivity index (χ0n) is 11.3. The average molecular weight is 282 g/mol. The number of nitrogens with one attached hydrogen (secondary N) is 1. The van der Waals surface area contributed by atoms with E-state index in [9.17, 15) is 0 Å². The molecule has 1 saturated heterocycles. The lowest BCUT2D eigenvalue weighted by Crippen LogP contribution is -2.28. The summed E-state index contributed by atoms with van der Waals surface area (Å²) in [6.07, 6.45) is 3.57. The number of hydrogen-bond donors (Lipinski definition) is 1. The van der Waals surface area contributed by atoms with Gasteiger partial charge in [0.05, 0.1) is 5.02 Å². The summed E-state index contributed by atoms with van der Waals surface area (Å²) in [7, 11) is 0. The van der Waals surface area contributed by atoms with Crippen LogP contribution < -0.4 is 14.8 Å². The second-order valence-electron chi connectivity index (χ2n) is 5.40. The Kier molecular flexibility index (Phi) is 3.85. The third kappa shape index (κ3) is 2.67. The molecule has 0 aliphatic carbocycles. The van der Waals surface area contributed by atoms with Gasteiger partial charge in [-0.2, -0.15) is 0 Å². The molecule has 3 rings (SSSR count). The minimum absolute atomic E-state index is 0.583. The minimum Gasteiger partial charge on any atom is -0.486 e. The highest BCUT2D eigenvalue weighted by molar-refractivity contribution is 6.32. The van der Waals surface area contributed by atoms with Gasteiger partial charge in [-0.25, -0.2) is 0 Å². The van der Waals surface area contributed by atoms with Crippen molar-refractivity contribution in [1.29, 1.82) is 0 Å². The largest absolute Gasteiger partial charge is 0.486 e. The van der Waals surface area contributed by atoms with Crippen LogP contribution in [0.5, 0.6) is 11.5 Å². The summed E-state index contributed by atoms with van der Waals surface area (Å²) in [4.78, 5) is 0. The first-order chi connectivity index (χ1) is 9.25. The Balaban J connectivity index is 1.86. The fourth-order valence-electron chi connectivity index (χ4n) is 2.96. The highest BCUT2D eigenvalue weighted by Crippen LogP contribution is 2.42. The van der Waals surface area contributed by atoms with Gasteiger partial charge < -0.3 is 14.8 Å². The quantitative estimate of drug-likeness (QED) is 0.904. The van der Waals surface area contributed by atoms with E-state index >= 15 is 0 Å². The van der Waals surface area contributed by atoms with Crippen LogP contribution in [0.25, 0.3) is 0 Å².